The molecule has 0 aromatic heterocycles. The van der Waals surface area contributed by atoms with Crippen molar-refractivity contribution in [3.8, 4) is 0 Å². The van der Waals surface area contributed by atoms with Crippen LogP contribution in [-0.4, -0.2) is 44.5 Å². The first-order valence-corrected chi connectivity index (χ1v) is 8.64. The van der Waals surface area contributed by atoms with E-state index < -0.39 is 10.0 Å². The normalized spacial score (nSPS) is 11.6. The Hall–Kier alpha value is -1.47. The fourth-order valence-corrected chi connectivity index (χ4v) is 2.73. The van der Waals surface area contributed by atoms with Gasteiger partial charge in [0.1, 0.15) is 5.82 Å². The van der Waals surface area contributed by atoms with Gasteiger partial charge in [-0.15, -0.1) is 0 Å². The van der Waals surface area contributed by atoms with E-state index in [4.69, 9.17) is 0 Å². The van der Waals surface area contributed by atoms with E-state index >= 15 is 0 Å². The minimum atomic E-state index is -3.39. The molecular weight excluding hydrogens is 295 g/mol. The molecule has 1 rings (SSSR count). The Morgan fingerprint density at radius 2 is 2.00 bits per heavy atom. The van der Waals surface area contributed by atoms with E-state index in [0.29, 0.717) is 24.9 Å². The molecule has 0 spiro atoms. The molecule has 0 fully saturated rings. The summed E-state index contributed by atoms with van der Waals surface area (Å²) in [5.74, 6) is -0.694. The summed E-state index contributed by atoms with van der Waals surface area (Å²) >= 11 is 0. The lowest BCUT2D eigenvalue weighted by Crippen LogP contribution is -2.41. The van der Waals surface area contributed by atoms with E-state index in [0.717, 1.165) is 10.6 Å². The Morgan fingerprint density at radius 1 is 1.33 bits per heavy atom. The van der Waals surface area contributed by atoms with Crippen LogP contribution in [0.15, 0.2) is 24.3 Å². The third-order valence-electron chi connectivity index (χ3n) is 2.94. The molecule has 118 valence electrons. The number of hydrogen-bond donors (Lipinski definition) is 1. The van der Waals surface area contributed by atoms with Crippen LogP contribution in [0, 0.1) is 5.82 Å². The van der Waals surface area contributed by atoms with Crippen LogP contribution in [0.5, 0.6) is 0 Å². The summed E-state index contributed by atoms with van der Waals surface area (Å²) in [6.07, 6.45) is 2.08. The second-order valence-electron chi connectivity index (χ2n) is 4.79. The smallest absolute Gasteiger partial charge is 0.235 e. The summed E-state index contributed by atoms with van der Waals surface area (Å²) in [5.41, 5.74) is 0.520. The largest absolute Gasteiger partial charge is 0.355 e. The molecule has 5 nitrogen and oxygen atoms in total. The summed E-state index contributed by atoms with van der Waals surface area (Å²) in [6, 6.07) is 6.35. The van der Waals surface area contributed by atoms with E-state index in [1.54, 1.807) is 18.2 Å². The Bertz CT molecular complexity index is 575. The van der Waals surface area contributed by atoms with Crippen molar-refractivity contribution in [3.05, 3.63) is 35.6 Å². The van der Waals surface area contributed by atoms with Crippen molar-refractivity contribution in [2.24, 2.45) is 0 Å². The number of carbonyl (C=O) groups is 1. The number of nitrogens with one attached hydrogen (secondary N) is 1. The lowest BCUT2D eigenvalue weighted by atomic mass is 10.1. The lowest BCUT2D eigenvalue weighted by Gasteiger charge is -2.18. The molecule has 0 aliphatic heterocycles. The monoisotopic (exact) mass is 316 g/mol. The third-order valence-corrected chi connectivity index (χ3v) is 4.19. The highest BCUT2D eigenvalue weighted by Gasteiger charge is 2.18. The number of nitrogens with zero attached hydrogens (tertiary/aromatic N) is 1. The molecule has 0 aliphatic carbocycles. The molecule has 0 unspecified atom stereocenters. The summed E-state index contributed by atoms with van der Waals surface area (Å²) in [6.45, 7) is 2.21. The molecule has 0 saturated heterocycles. The van der Waals surface area contributed by atoms with Gasteiger partial charge in [-0.05, 0) is 24.5 Å². The molecule has 0 radical (unpaired) electrons. The molecular formula is C14H21FN2O3S. The van der Waals surface area contributed by atoms with E-state index in [1.165, 1.54) is 6.07 Å². The van der Waals surface area contributed by atoms with Gasteiger partial charge in [0.25, 0.3) is 0 Å². The van der Waals surface area contributed by atoms with Crippen molar-refractivity contribution in [1.82, 2.24) is 9.62 Å². The second kappa shape index (κ2) is 8.09. The highest BCUT2D eigenvalue weighted by molar-refractivity contribution is 7.88. The maximum atomic E-state index is 13.4. The third kappa shape index (κ3) is 6.22. The van der Waals surface area contributed by atoms with E-state index in [1.807, 2.05) is 6.92 Å². The highest BCUT2D eigenvalue weighted by atomic mass is 32.2. The second-order valence-corrected chi connectivity index (χ2v) is 6.77. The van der Waals surface area contributed by atoms with Crippen LogP contribution < -0.4 is 5.32 Å². The van der Waals surface area contributed by atoms with Crippen LogP contribution in [-0.2, 0) is 21.2 Å². The molecule has 1 aromatic rings. The summed E-state index contributed by atoms with van der Waals surface area (Å²) in [7, 11) is -3.39. The van der Waals surface area contributed by atoms with Gasteiger partial charge in [0.2, 0.25) is 15.9 Å². The van der Waals surface area contributed by atoms with E-state index in [9.17, 15) is 17.6 Å². The zero-order chi connectivity index (χ0) is 15.9. The van der Waals surface area contributed by atoms with Crippen molar-refractivity contribution in [1.29, 1.82) is 0 Å². The van der Waals surface area contributed by atoms with Crippen molar-refractivity contribution >= 4 is 15.9 Å². The zero-order valence-corrected chi connectivity index (χ0v) is 13.1. The first kappa shape index (κ1) is 17.6. The Kier molecular flexibility index (Phi) is 6.77. The summed E-state index contributed by atoms with van der Waals surface area (Å²) < 4.78 is 37.5. The first-order valence-electron chi connectivity index (χ1n) is 6.79. The number of benzene rings is 1. The molecule has 21 heavy (non-hydrogen) atoms. The van der Waals surface area contributed by atoms with Crippen LogP contribution >= 0.6 is 0 Å². The van der Waals surface area contributed by atoms with Gasteiger partial charge in [-0.25, -0.2) is 12.8 Å². The average Bonchev–Trinajstić information content (AvgIpc) is 2.39. The SMILES string of the molecule is CCCN(CC(=O)NCCc1ccccc1F)S(C)(=O)=O. The van der Waals surface area contributed by atoms with Crippen molar-refractivity contribution in [3.63, 3.8) is 0 Å². The fourth-order valence-electron chi connectivity index (χ4n) is 1.87. The van der Waals surface area contributed by atoms with E-state index in [2.05, 4.69) is 5.32 Å². The van der Waals surface area contributed by atoms with E-state index in [-0.39, 0.29) is 24.8 Å². The molecule has 7 heteroatoms. The number of sulfonamides is 1. The van der Waals surface area contributed by atoms with Crippen molar-refractivity contribution in [2.75, 3.05) is 25.9 Å². The predicted octanol–water partition coefficient (Wildman–Crippen LogP) is 1.16. The molecule has 1 N–H and O–H groups in total. The van der Waals surface area contributed by atoms with Crippen LogP contribution in [0.1, 0.15) is 18.9 Å². The number of halogens is 1. The van der Waals surface area contributed by atoms with Gasteiger partial charge in [0.05, 0.1) is 12.8 Å². The predicted molar refractivity (Wildman–Crippen MR) is 79.8 cm³/mol. The molecule has 0 atom stereocenters. The Morgan fingerprint density at radius 3 is 2.57 bits per heavy atom. The highest BCUT2D eigenvalue weighted by Crippen LogP contribution is 2.06. The number of hydrogen-bond acceptors (Lipinski definition) is 3. The van der Waals surface area contributed by atoms with Gasteiger partial charge < -0.3 is 5.32 Å². The molecule has 0 heterocycles. The molecule has 0 saturated carbocycles. The van der Waals surface area contributed by atoms with Gasteiger partial charge >= 0.3 is 0 Å². The minimum absolute atomic E-state index is 0.204. The molecule has 1 aromatic carbocycles. The van der Waals surface area contributed by atoms with Gasteiger partial charge in [-0.1, -0.05) is 25.1 Å². The zero-order valence-electron chi connectivity index (χ0n) is 12.3. The molecule has 0 aliphatic rings. The molecule has 1 amide bonds. The Labute approximate surface area is 125 Å². The molecule has 0 bridgehead atoms. The Balaban J connectivity index is 2.45. The van der Waals surface area contributed by atoms with Crippen LogP contribution in [0.3, 0.4) is 0 Å². The average molecular weight is 316 g/mol. The van der Waals surface area contributed by atoms with Crippen molar-refractivity contribution < 1.29 is 17.6 Å². The summed E-state index contributed by atoms with van der Waals surface area (Å²) in [4.78, 5) is 11.7. The summed E-state index contributed by atoms with van der Waals surface area (Å²) in [5, 5.41) is 2.61. The number of amides is 1. The lowest BCUT2D eigenvalue weighted by molar-refractivity contribution is -0.121. The number of carbonyl (C=O) groups excluding carboxylic acids is 1. The quantitative estimate of drug-likeness (QED) is 0.782. The maximum absolute atomic E-state index is 13.4. The van der Waals surface area contributed by atoms with Crippen LogP contribution in [0.4, 0.5) is 4.39 Å². The van der Waals surface area contributed by atoms with Gasteiger partial charge in [0, 0.05) is 13.1 Å². The van der Waals surface area contributed by atoms with Crippen molar-refractivity contribution in [2.45, 2.75) is 19.8 Å². The van der Waals surface area contributed by atoms with Gasteiger partial charge in [-0.2, -0.15) is 4.31 Å². The van der Waals surface area contributed by atoms with Crippen LogP contribution in [0.25, 0.3) is 0 Å². The standard InChI is InChI=1S/C14H21FN2O3S/c1-3-10-17(21(2,19)20)11-14(18)16-9-8-12-6-4-5-7-13(12)15/h4-7H,3,8-11H2,1-2H3,(H,16,18). The van der Waals surface area contributed by atoms with Gasteiger partial charge in [-0.3, -0.25) is 4.79 Å². The topological polar surface area (TPSA) is 66.5 Å². The fraction of sp³-hybridized carbons (Fsp3) is 0.500. The van der Waals surface area contributed by atoms with Gasteiger partial charge in [0.15, 0.2) is 0 Å². The first-order chi connectivity index (χ1) is 9.84. The minimum Gasteiger partial charge on any atom is -0.355 e. The van der Waals surface area contributed by atoms with Crippen LogP contribution in [0.2, 0.25) is 0 Å². The maximum Gasteiger partial charge on any atom is 0.235 e. The number of rotatable bonds is 8.